The summed E-state index contributed by atoms with van der Waals surface area (Å²) >= 11 is 0. The molecule has 42 valence electrons. The first kappa shape index (κ1) is 9.83. The van der Waals surface area contributed by atoms with E-state index < -0.39 is 11.9 Å². The van der Waals surface area contributed by atoms with E-state index in [1.165, 1.54) is 0 Å². The summed E-state index contributed by atoms with van der Waals surface area (Å²) in [5.74, 6) is -3.65. The van der Waals surface area contributed by atoms with Crippen LogP contribution < -0.4 is 0 Å². The first-order valence-electron chi connectivity index (χ1n) is 1.11. The molecule has 0 unspecified atom stereocenters. The molecule has 0 saturated heterocycles. The van der Waals surface area contributed by atoms with Gasteiger partial charge < -0.3 is 10.2 Å². The van der Waals surface area contributed by atoms with Crippen LogP contribution in [-0.2, 0) is 9.59 Å². The molecule has 0 aromatic carbocycles. The number of hydrogen-bond donors (Lipinski definition) is 2. The Morgan fingerprint density at radius 1 is 1.00 bits per heavy atom. The SMILES string of the molecule is I.O=C(O)C(=O)O. The van der Waals surface area contributed by atoms with Gasteiger partial charge in [-0.15, -0.1) is 24.0 Å². The zero-order valence-electron chi connectivity index (χ0n) is 3.12. The number of hydrogen-bond acceptors (Lipinski definition) is 2. The van der Waals surface area contributed by atoms with Crippen LogP contribution in [0, 0.1) is 0 Å². The number of carboxylic acid groups (broad SMARTS) is 2. The van der Waals surface area contributed by atoms with Gasteiger partial charge in [0.25, 0.3) is 0 Å². The molecule has 5 heteroatoms. The van der Waals surface area contributed by atoms with Crippen LogP contribution in [-0.4, -0.2) is 22.2 Å². The highest BCUT2D eigenvalue weighted by Gasteiger charge is 2.04. The Labute approximate surface area is 56.2 Å². The lowest BCUT2D eigenvalue weighted by molar-refractivity contribution is -0.159. The molecule has 0 aliphatic heterocycles. The molecule has 7 heavy (non-hydrogen) atoms. The van der Waals surface area contributed by atoms with E-state index in [2.05, 4.69) is 0 Å². The number of rotatable bonds is 0. The van der Waals surface area contributed by atoms with Crippen molar-refractivity contribution in [3.63, 3.8) is 0 Å². The molecule has 0 fully saturated rings. The molecule has 0 atom stereocenters. The Balaban J connectivity index is 0. The van der Waals surface area contributed by atoms with Gasteiger partial charge in [-0.25, -0.2) is 9.59 Å². The maximum absolute atomic E-state index is 9.10. The van der Waals surface area contributed by atoms with Crippen molar-refractivity contribution >= 4 is 35.9 Å². The molecule has 2 N–H and O–H groups in total. The monoisotopic (exact) mass is 218 g/mol. The number of carbonyl (C=O) groups is 2. The van der Waals surface area contributed by atoms with Gasteiger partial charge in [-0.2, -0.15) is 0 Å². The minimum atomic E-state index is -1.82. The fraction of sp³-hybridized carbons (Fsp3) is 0. The van der Waals surface area contributed by atoms with Crippen LogP contribution in [0.25, 0.3) is 0 Å². The van der Waals surface area contributed by atoms with E-state index in [1.807, 2.05) is 0 Å². The average molecular weight is 218 g/mol. The quantitative estimate of drug-likeness (QED) is 0.435. The molecular formula is C2H3IO4. The molecule has 0 aromatic heterocycles. The van der Waals surface area contributed by atoms with Gasteiger partial charge in [-0.05, 0) is 0 Å². The molecular weight excluding hydrogens is 215 g/mol. The maximum atomic E-state index is 9.10. The summed E-state index contributed by atoms with van der Waals surface area (Å²) < 4.78 is 0. The second-order valence-electron chi connectivity index (χ2n) is 0.610. The topological polar surface area (TPSA) is 74.6 Å². The molecule has 0 amide bonds. The lowest BCUT2D eigenvalue weighted by Crippen LogP contribution is -2.09. The molecule has 0 radical (unpaired) electrons. The third-order valence-corrected chi connectivity index (χ3v) is 0.183. The van der Waals surface area contributed by atoms with E-state index in [0.29, 0.717) is 0 Å². The van der Waals surface area contributed by atoms with Crippen molar-refractivity contribution in [1.29, 1.82) is 0 Å². The van der Waals surface area contributed by atoms with Crippen LogP contribution in [0.2, 0.25) is 0 Å². The summed E-state index contributed by atoms with van der Waals surface area (Å²) in [6, 6.07) is 0. The van der Waals surface area contributed by atoms with E-state index in [9.17, 15) is 0 Å². The number of carboxylic acids is 2. The summed E-state index contributed by atoms with van der Waals surface area (Å²) in [5, 5.41) is 14.8. The highest BCUT2D eigenvalue weighted by Crippen LogP contribution is 1.56. The lowest BCUT2D eigenvalue weighted by Gasteiger charge is -1.72. The zero-order valence-corrected chi connectivity index (χ0v) is 5.45. The van der Waals surface area contributed by atoms with Gasteiger partial charge in [0.2, 0.25) is 0 Å². The minimum Gasteiger partial charge on any atom is -0.473 e. The van der Waals surface area contributed by atoms with Crippen LogP contribution >= 0.6 is 24.0 Å². The van der Waals surface area contributed by atoms with Crippen molar-refractivity contribution in [2.24, 2.45) is 0 Å². The molecule has 0 saturated carbocycles. The molecule has 0 aliphatic carbocycles. The summed E-state index contributed by atoms with van der Waals surface area (Å²) in [4.78, 5) is 18.2. The fourth-order valence-corrected chi connectivity index (χ4v) is 0. The average Bonchev–Trinajstić information content (AvgIpc) is 1.36. The predicted octanol–water partition coefficient (Wildman–Crippen LogP) is -0.226. The first-order chi connectivity index (χ1) is 2.64. The number of aliphatic carboxylic acids is 2. The Morgan fingerprint density at radius 3 is 1.14 bits per heavy atom. The lowest BCUT2D eigenvalue weighted by atomic mass is 10.7. The van der Waals surface area contributed by atoms with Gasteiger partial charge in [-0.3, -0.25) is 0 Å². The van der Waals surface area contributed by atoms with E-state index >= 15 is 0 Å². The van der Waals surface area contributed by atoms with Crippen molar-refractivity contribution in [3.8, 4) is 0 Å². The van der Waals surface area contributed by atoms with Crippen molar-refractivity contribution in [1.82, 2.24) is 0 Å². The van der Waals surface area contributed by atoms with E-state index in [4.69, 9.17) is 19.8 Å². The maximum Gasteiger partial charge on any atom is 0.414 e. The van der Waals surface area contributed by atoms with Gasteiger partial charge in [0.1, 0.15) is 0 Å². The van der Waals surface area contributed by atoms with Crippen LogP contribution in [0.15, 0.2) is 0 Å². The highest BCUT2D eigenvalue weighted by molar-refractivity contribution is 14.0. The van der Waals surface area contributed by atoms with Crippen molar-refractivity contribution in [2.45, 2.75) is 0 Å². The van der Waals surface area contributed by atoms with Gasteiger partial charge in [0.05, 0.1) is 0 Å². The first-order valence-corrected chi connectivity index (χ1v) is 1.11. The second-order valence-corrected chi connectivity index (χ2v) is 0.610. The Kier molecular flexibility index (Phi) is 5.40. The van der Waals surface area contributed by atoms with E-state index in [-0.39, 0.29) is 24.0 Å². The van der Waals surface area contributed by atoms with Gasteiger partial charge in [0, 0.05) is 0 Å². The second kappa shape index (κ2) is 3.85. The molecule has 0 bridgehead atoms. The molecule has 4 nitrogen and oxygen atoms in total. The molecule has 0 spiro atoms. The molecule has 0 heterocycles. The van der Waals surface area contributed by atoms with Gasteiger partial charge in [-0.1, -0.05) is 0 Å². The van der Waals surface area contributed by atoms with Crippen molar-refractivity contribution < 1.29 is 19.8 Å². The van der Waals surface area contributed by atoms with Gasteiger partial charge >= 0.3 is 11.9 Å². The fourth-order valence-electron chi connectivity index (χ4n) is 0. The summed E-state index contributed by atoms with van der Waals surface area (Å²) in [6.07, 6.45) is 0. The zero-order chi connectivity index (χ0) is 5.15. The molecule has 0 aliphatic rings. The molecule has 0 rings (SSSR count). The minimum absolute atomic E-state index is 0. The van der Waals surface area contributed by atoms with Crippen LogP contribution in [0.4, 0.5) is 0 Å². The van der Waals surface area contributed by atoms with Gasteiger partial charge in [0.15, 0.2) is 0 Å². The Morgan fingerprint density at radius 2 is 1.14 bits per heavy atom. The van der Waals surface area contributed by atoms with E-state index in [0.717, 1.165) is 0 Å². The van der Waals surface area contributed by atoms with Crippen LogP contribution in [0.5, 0.6) is 0 Å². The third-order valence-electron chi connectivity index (χ3n) is 0.183. The Hall–Kier alpha value is -0.330. The van der Waals surface area contributed by atoms with Crippen molar-refractivity contribution in [3.05, 3.63) is 0 Å². The normalized spacial score (nSPS) is 6.29. The predicted molar refractivity (Wildman–Crippen MR) is 30.7 cm³/mol. The van der Waals surface area contributed by atoms with Crippen molar-refractivity contribution in [2.75, 3.05) is 0 Å². The summed E-state index contributed by atoms with van der Waals surface area (Å²) in [6.45, 7) is 0. The molecule has 0 aromatic rings. The van der Waals surface area contributed by atoms with Crippen LogP contribution in [0.3, 0.4) is 0 Å². The van der Waals surface area contributed by atoms with Crippen LogP contribution in [0.1, 0.15) is 0 Å². The largest absolute Gasteiger partial charge is 0.473 e. The number of halogens is 1. The Bertz CT molecular complexity index is 75.7. The standard InChI is InChI=1S/C2H2O4.HI/c3-1(4)2(5)6;/h(H,3,4)(H,5,6);1H. The third kappa shape index (κ3) is 5.67. The van der Waals surface area contributed by atoms with E-state index in [1.54, 1.807) is 0 Å². The smallest absolute Gasteiger partial charge is 0.414 e. The summed E-state index contributed by atoms with van der Waals surface area (Å²) in [7, 11) is 0. The summed E-state index contributed by atoms with van der Waals surface area (Å²) in [5.41, 5.74) is 0. The highest BCUT2D eigenvalue weighted by atomic mass is 127.